The van der Waals surface area contributed by atoms with E-state index in [0.717, 1.165) is 24.3 Å². The Labute approximate surface area is 110 Å². The molecule has 18 heavy (non-hydrogen) atoms. The highest BCUT2D eigenvalue weighted by Crippen LogP contribution is 2.29. The maximum absolute atomic E-state index is 6.34. The largest absolute Gasteiger partial charge is 0.493 e. The lowest BCUT2D eigenvalue weighted by atomic mass is 9.86. The third-order valence-corrected chi connectivity index (χ3v) is 2.93. The first-order valence-electron chi connectivity index (χ1n) is 6.38. The third-order valence-electron chi connectivity index (χ3n) is 2.93. The SMILES string of the molecule is COc1ccc(CC(C)(N)CC(C)C)cc1OC. The summed E-state index contributed by atoms with van der Waals surface area (Å²) < 4.78 is 10.5. The van der Waals surface area contributed by atoms with E-state index >= 15 is 0 Å². The summed E-state index contributed by atoms with van der Waals surface area (Å²) in [6.07, 6.45) is 1.84. The molecule has 0 bridgehead atoms. The summed E-state index contributed by atoms with van der Waals surface area (Å²) in [5.41, 5.74) is 7.33. The second-order valence-corrected chi connectivity index (χ2v) is 5.62. The molecular formula is C15H25NO2. The molecule has 102 valence electrons. The van der Waals surface area contributed by atoms with Crippen molar-refractivity contribution >= 4 is 0 Å². The van der Waals surface area contributed by atoms with E-state index in [1.54, 1.807) is 14.2 Å². The molecule has 1 atom stereocenters. The van der Waals surface area contributed by atoms with Crippen LogP contribution >= 0.6 is 0 Å². The van der Waals surface area contributed by atoms with Crippen LogP contribution in [0.2, 0.25) is 0 Å². The topological polar surface area (TPSA) is 44.5 Å². The summed E-state index contributed by atoms with van der Waals surface area (Å²) in [4.78, 5) is 0. The third kappa shape index (κ3) is 4.22. The van der Waals surface area contributed by atoms with Gasteiger partial charge in [0, 0.05) is 5.54 Å². The molecule has 0 saturated carbocycles. The van der Waals surface area contributed by atoms with Crippen molar-refractivity contribution in [2.75, 3.05) is 14.2 Å². The summed E-state index contributed by atoms with van der Waals surface area (Å²) in [5.74, 6) is 2.11. The van der Waals surface area contributed by atoms with Crippen LogP contribution < -0.4 is 15.2 Å². The lowest BCUT2D eigenvalue weighted by molar-refractivity contribution is 0.350. The molecule has 0 amide bonds. The van der Waals surface area contributed by atoms with E-state index in [9.17, 15) is 0 Å². The van der Waals surface area contributed by atoms with Crippen molar-refractivity contribution in [1.82, 2.24) is 0 Å². The van der Waals surface area contributed by atoms with Crippen LogP contribution in [0.5, 0.6) is 11.5 Å². The molecule has 0 saturated heterocycles. The molecule has 1 aromatic carbocycles. The molecule has 3 heteroatoms. The van der Waals surface area contributed by atoms with Gasteiger partial charge in [-0.3, -0.25) is 0 Å². The van der Waals surface area contributed by atoms with Crippen molar-refractivity contribution in [1.29, 1.82) is 0 Å². The molecule has 0 aliphatic rings. The monoisotopic (exact) mass is 251 g/mol. The molecule has 1 unspecified atom stereocenters. The van der Waals surface area contributed by atoms with Gasteiger partial charge in [-0.15, -0.1) is 0 Å². The highest BCUT2D eigenvalue weighted by Gasteiger charge is 2.21. The molecular weight excluding hydrogens is 226 g/mol. The number of rotatable bonds is 6. The Kier molecular flexibility index (Phi) is 5.03. The Morgan fingerprint density at radius 2 is 1.78 bits per heavy atom. The number of ether oxygens (including phenoxy) is 2. The zero-order valence-corrected chi connectivity index (χ0v) is 12.1. The van der Waals surface area contributed by atoms with Crippen LogP contribution in [0.25, 0.3) is 0 Å². The van der Waals surface area contributed by atoms with Crippen LogP contribution in [-0.2, 0) is 6.42 Å². The van der Waals surface area contributed by atoms with E-state index in [1.165, 1.54) is 5.56 Å². The van der Waals surface area contributed by atoms with Crippen molar-refractivity contribution in [2.24, 2.45) is 11.7 Å². The predicted molar refractivity (Wildman–Crippen MR) is 75.3 cm³/mol. The van der Waals surface area contributed by atoms with Gasteiger partial charge in [-0.1, -0.05) is 19.9 Å². The van der Waals surface area contributed by atoms with Gasteiger partial charge < -0.3 is 15.2 Å². The minimum absolute atomic E-state index is 0.187. The predicted octanol–water partition coefficient (Wildman–Crippen LogP) is 3.01. The van der Waals surface area contributed by atoms with E-state index in [2.05, 4.69) is 20.8 Å². The summed E-state index contributed by atoms with van der Waals surface area (Å²) >= 11 is 0. The van der Waals surface area contributed by atoms with Gasteiger partial charge in [0.2, 0.25) is 0 Å². The van der Waals surface area contributed by atoms with E-state index in [-0.39, 0.29) is 5.54 Å². The van der Waals surface area contributed by atoms with Crippen molar-refractivity contribution in [3.8, 4) is 11.5 Å². The van der Waals surface area contributed by atoms with Gasteiger partial charge in [0.15, 0.2) is 11.5 Å². The van der Waals surface area contributed by atoms with Crippen LogP contribution in [-0.4, -0.2) is 19.8 Å². The molecule has 0 aromatic heterocycles. The molecule has 0 heterocycles. The van der Waals surface area contributed by atoms with Gasteiger partial charge in [0.25, 0.3) is 0 Å². The fourth-order valence-corrected chi connectivity index (χ4v) is 2.46. The molecule has 0 radical (unpaired) electrons. The maximum atomic E-state index is 6.34. The Bertz CT molecular complexity index is 386. The van der Waals surface area contributed by atoms with Crippen LogP contribution in [0, 0.1) is 5.92 Å². The molecule has 0 spiro atoms. The summed E-state index contributed by atoms with van der Waals surface area (Å²) in [5, 5.41) is 0. The summed E-state index contributed by atoms with van der Waals surface area (Å²) in [6, 6.07) is 5.98. The highest BCUT2D eigenvalue weighted by atomic mass is 16.5. The average molecular weight is 251 g/mol. The first-order chi connectivity index (χ1) is 8.38. The molecule has 0 fully saturated rings. The van der Waals surface area contributed by atoms with Gasteiger partial charge in [-0.2, -0.15) is 0 Å². The Balaban J connectivity index is 2.85. The number of hydrogen-bond donors (Lipinski definition) is 1. The number of hydrogen-bond acceptors (Lipinski definition) is 3. The fraction of sp³-hybridized carbons (Fsp3) is 0.600. The number of benzene rings is 1. The highest BCUT2D eigenvalue weighted by molar-refractivity contribution is 5.43. The van der Waals surface area contributed by atoms with Crippen molar-refractivity contribution in [2.45, 2.75) is 39.2 Å². The molecule has 0 aliphatic carbocycles. The summed E-state index contributed by atoms with van der Waals surface area (Å²) in [7, 11) is 3.29. The van der Waals surface area contributed by atoms with Crippen molar-refractivity contribution < 1.29 is 9.47 Å². The first kappa shape index (κ1) is 14.8. The van der Waals surface area contributed by atoms with E-state index in [1.807, 2.05) is 18.2 Å². The van der Waals surface area contributed by atoms with Crippen LogP contribution in [0.15, 0.2) is 18.2 Å². The summed E-state index contributed by atoms with van der Waals surface area (Å²) in [6.45, 7) is 6.49. The lowest BCUT2D eigenvalue weighted by Crippen LogP contribution is -2.39. The first-order valence-corrected chi connectivity index (χ1v) is 6.38. The Morgan fingerprint density at radius 1 is 1.17 bits per heavy atom. The molecule has 2 N–H and O–H groups in total. The zero-order chi connectivity index (χ0) is 13.8. The smallest absolute Gasteiger partial charge is 0.160 e. The van der Waals surface area contributed by atoms with Crippen LogP contribution in [0.1, 0.15) is 32.8 Å². The van der Waals surface area contributed by atoms with Gasteiger partial charge in [-0.25, -0.2) is 0 Å². The van der Waals surface area contributed by atoms with E-state index < -0.39 is 0 Å². The fourth-order valence-electron chi connectivity index (χ4n) is 2.46. The average Bonchev–Trinajstić information content (AvgIpc) is 2.26. The van der Waals surface area contributed by atoms with Crippen molar-refractivity contribution in [3.05, 3.63) is 23.8 Å². The Hall–Kier alpha value is -1.22. The Morgan fingerprint density at radius 3 is 2.28 bits per heavy atom. The zero-order valence-electron chi connectivity index (χ0n) is 12.1. The van der Waals surface area contributed by atoms with E-state index in [4.69, 9.17) is 15.2 Å². The number of methoxy groups -OCH3 is 2. The second-order valence-electron chi connectivity index (χ2n) is 5.62. The van der Waals surface area contributed by atoms with Gasteiger partial charge in [0.05, 0.1) is 14.2 Å². The maximum Gasteiger partial charge on any atom is 0.160 e. The molecule has 1 aromatic rings. The minimum Gasteiger partial charge on any atom is -0.493 e. The van der Waals surface area contributed by atoms with Crippen molar-refractivity contribution in [3.63, 3.8) is 0 Å². The number of nitrogens with two attached hydrogens (primary N) is 1. The van der Waals surface area contributed by atoms with Crippen LogP contribution in [0.4, 0.5) is 0 Å². The lowest BCUT2D eigenvalue weighted by Gasteiger charge is -2.27. The molecule has 0 aliphatic heterocycles. The minimum atomic E-state index is -0.187. The molecule has 1 rings (SSSR count). The normalized spacial score (nSPS) is 14.4. The molecule has 3 nitrogen and oxygen atoms in total. The quantitative estimate of drug-likeness (QED) is 0.845. The van der Waals surface area contributed by atoms with Gasteiger partial charge in [0.1, 0.15) is 0 Å². The van der Waals surface area contributed by atoms with Gasteiger partial charge >= 0.3 is 0 Å². The standard InChI is InChI=1S/C15H25NO2/c1-11(2)9-15(3,16)10-12-6-7-13(17-4)14(8-12)18-5/h6-8,11H,9-10,16H2,1-5H3. The van der Waals surface area contributed by atoms with Gasteiger partial charge in [-0.05, 0) is 43.4 Å². The second kappa shape index (κ2) is 6.10. The van der Waals surface area contributed by atoms with Crippen LogP contribution in [0.3, 0.4) is 0 Å². The van der Waals surface area contributed by atoms with E-state index in [0.29, 0.717) is 5.92 Å².